The molecule has 152 valence electrons. The first-order valence-electron chi connectivity index (χ1n) is 10.1. The zero-order chi connectivity index (χ0) is 21.1. The number of rotatable bonds is 6. The second-order valence-electron chi connectivity index (χ2n) is 7.92. The van der Waals surface area contributed by atoms with Crippen LogP contribution in [0.2, 0.25) is 0 Å². The van der Waals surface area contributed by atoms with Gasteiger partial charge in [0.15, 0.2) is 0 Å². The molecule has 0 saturated carbocycles. The van der Waals surface area contributed by atoms with Gasteiger partial charge in [-0.25, -0.2) is 4.98 Å². The van der Waals surface area contributed by atoms with Gasteiger partial charge in [-0.3, -0.25) is 4.79 Å². The van der Waals surface area contributed by atoms with E-state index in [0.29, 0.717) is 6.54 Å². The molecule has 0 spiro atoms. The number of hydrogen-bond donors (Lipinski definition) is 2. The van der Waals surface area contributed by atoms with Gasteiger partial charge in [-0.1, -0.05) is 49.4 Å². The fourth-order valence-electron chi connectivity index (χ4n) is 3.61. The summed E-state index contributed by atoms with van der Waals surface area (Å²) < 4.78 is 0. The molecule has 0 aliphatic rings. The number of hydrogen-bond acceptors (Lipinski definition) is 3. The van der Waals surface area contributed by atoms with E-state index in [-0.39, 0.29) is 11.8 Å². The van der Waals surface area contributed by atoms with Crippen LogP contribution in [0.3, 0.4) is 0 Å². The van der Waals surface area contributed by atoms with Crippen LogP contribution in [0.25, 0.3) is 33.5 Å². The Morgan fingerprint density at radius 3 is 2.43 bits per heavy atom. The molecule has 0 bridgehead atoms. The van der Waals surface area contributed by atoms with Crippen LogP contribution in [0.4, 0.5) is 5.69 Å². The van der Waals surface area contributed by atoms with Gasteiger partial charge >= 0.3 is 0 Å². The number of anilines is 1. The molecule has 4 aromatic rings. The normalized spacial score (nSPS) is 12.3. The van der Waals surface area contributed by atoms with E-state index in [2.05, 4.69) is 34.6 Å². The largest absolute Gasteiger partial charge is 0.338 e. The van der Waals surface area contributed by atoms with Crippen molar-refractivity contribution in [2.45, 2.75) is 6.92 Å². The fourth-order valence-corrected chi connectivity index (χ4v) is 3.61. The smallest absolute Gasteiger partial charge is 0.228 e. The maximum Gasteiger partial charge on any atom is 0.228 e. The molecule has 3 aromatic carbocycles. The van der Waals surface area contributed by atoms with Crippen LogP contribution in [-0.4, -0.2) is 41.4 Å². The first-order chi connectivity index (χ1) is 14.5. The third kappa shape index (κ3) is 4.42. The number of carbonyl (C=O) groups is 1. The highest BCUT2D eigenvalue weighted by Gasteiger charge is 2.14. The van der Waals surface area contributed by atoms with E-state index in [1.165, 1.54) is 0 Å². The second-order valence-corrected chi connectivity index (χ2v) is 7.92. The molecule has 1 heterocycles. The quantitative estimate of drug-likeness (QED) is 0.479. The van der Waals surface area contributed by atoms with Crippen LogP contribution in [0.1, 0.15) is 6.92 Å². The number of nitrogens with zero attached hydrogens (tertiary/aromatic N) is 2. The van der Waals surface area contributed by atoms with E-state index < -0.39 is 0 Å². The van der Waals surface area contributed by atoms with Gasteiger partial charge < -0.3 is 15.2 Å². The minimum absolute atomic E-state index is 0.0249. The maximum absolute atomic E-state index is 12.5. The summed E-state index contributed by atoms with van der Waals surface area (Å²) in [4.78, 5) is 22.6. The predicted octanol–water partition coefficient (Wildman–Crippen LogP) is 5.03. The third-order valence-corrected chi connectivity index (χ3v) is 5.08. The number of fused-ring (bicyclic) bond motifs is 1. The molecule has 0 radical (unpaired) electrons. The van der Waals surface area contributed by atoms with Crippen molar-refractivity contribution in [1.29, 1.82) is 0 Å². The lowest BCUT2D eigenvalue weighted by Crippen LogP contribution is -2.29. The Balaban J connectivity index is 1.58. The number of amides is 1. The van der Waals surface area contributed by atoms with Crippen molar-refractivity contribution in [2.24, 2.45) is 5.92 Å². The maximum atomic E-state index is 12.5. The highest BCUT2D eigenvalue weighted by Crippen LogP contribution is 2.28. The van der Waals surface area contributed by atoms with E-state index in [1.807, 2.05) is 74.4 Å². The van der Waals surface area contributed by atoms with Crippen molar-refractivity contribution in [3.8, 4) is 22.5 Å². The molecule has 1 amide bonds. The summed E-state index contributed by atoms with van der Waals surface area (Å²) in [7, 11) is 3.94. The Hall–Kier alpha value is -3.44. The molecule has 5 nitrogen and oxygen atoms in total. The molecule has 1 unspecified atom stereocenters. The lowest BCUT2D eigenvalue weighted by molar-refractivity contribution is -0.119. The summed E-state index contributed by atoms with van der Waals surface area (Å²) in [6.45, 7) is 2.65. The molecule has 0 fully saturated rings. The Labute approximate surface area is 176 Å². The number of nitrogens with one attached hydrogen (secondary N) is 2. The highest BCUT2D eigenvalue weighted by atomic mass is 16.1. The summed E-state index contributed by atoms with van der Waals surface area (Å²) in [6, 6.07) is 24.2. The molecule has 30 heavy (non-hydrogen) atoms. The van der Waals surface area contributed by atoms with Crippen molar-refractivity contribution in [1.82, 2.24) is 14.9 Å². The van der Waals surface area contributed by atoms with Gasteiger partial charge in [0.25, 0.3) is 0 Å². The van der Waals surface area contributed by atoms with Crippen LogP contribution < -0.4 is 5.32 Å². The first kappa shape index (κ1) is 19.9. The second kappa shape index (κ2) is 8.51. The third-order valence-electron chi connectivity index (χ3n) is 5.08. The molecule has 0 aliphatic carbocycles. The highest BCUT2D eigenvalue weighted by molar-refractivity contribution is 5.93. The molecule has 0 aliphatic heterocycles. The topological polar surface area (TPSA) is 61.0 Å². The summed E-state index contributed by atoms with van der Waals surface area (Å²) >= 11 is 0. The van der Waals surface area contributed by atoms with E-state index in [4.69, 9.17) is 4.98 Å². The molecule has 5 heteroatoms. The Bertz CT molecular complexity index is 1150. The minimum atomic E-state index is -0.0833. The number of imidazole rings is 1. The summed E-state index contributed by atoms with van der Waals surface area (Å²) in [5.74, 6) is 0.789. The standard InChI is InChI=1S/C25H26N4O/c1-17(16-29(2)3)25(30)26-21-11-7-9-19(15-21)18-8-6-10-20(14-18)24-27-22-12-4-5-13-23(22)28-24/h4-15,17H,16H2,1-3H3,(H,26,30)(H,27,28). The first-order valence-corrected chi connectivity index (χ1v) is 10.1. The van der Waals surface area contributed by atoms with Gasteiger partial charge in [0.05, 0.1) is 11.0 Å². The van der Waals surface area contributed by atoms with Crippen molar-refractivity contribution in [3.05, 3.63) is 72.8 Å². The number of H-pyrrole nitrogens is 1. The van der Waals surface area contributed by atoms with Gasteiger partial charge in [-0.2, -0.15) is 0 Å². The van der Waals surface area contributed by atoms with Gasteiger partial charge in [-0.05, 0) is 55.6 Å². The van der Waals surface area contributed by atoms with Crippen molar-refractivity contribution in [3.63, 3.8) is 0 Å². The van der Waals surface area contributed by atoms with E-state index in [9.17, 15) is 4.79 Å². The van der Waals surface area contributed by atoms with E-state index in [0.717, 1.165) is 39.2 Å². The monoisotopic (exact) mass is 398 g/mol. The summed E-state index contributed by atoms with van der Waals surface area (Å²) in [5, 5.41) is 3.04. The van der Waals surface area contributed by atoms with Gasteiger partial charge in [-0.15, -0.1) is 0 Å². The van der Waals surface area contributed by atoms with Crippen molar-refractivity contribution in [2.75, 3.05) is 26.0 Å². The summed E-state index contributed by atoms with van der Waals surface area (Å²) in [5.41, 5.74) is 5.93. The van der Waals surface area contributed by atoms with Crippen molar-refractivity contribution < 1.29 is 4.79 Å². The molecular weight excluding hydrogens is 372 g/mol. The van der Waals surface area contributed by atoms with Crippen LogP contribution in [0, 0.1) is 5.92 Å². The Morgan fingerprint density at radius 2 is 1.67 bits per heavy atom. The molecule has 1 atom stereocenters. The fraction of sp³-hybridized carbons (Fsp3) is 0.200. The molecule has 2 N–H and O–H groups in total. The van der Waals surface area contributed by atoms with Crippen LogP contribution in [0.5, 0.6) is 0 Å². The number of aromatic amines is 1. The zero-order valence-electron chi connectivity index (χ0n) is 17.5. The molecule has 0 saturated heterocycles. The minimum Gasteiger partial charge on any atom is -0.338 e. The van der Waals surface area contributed by atoms with E-state index >= 15 is 0 Å². The number of para-hydroxylation sites is 2. The predicted molar refractivity (Wildman–Crippen MR) is 123 cm³/mol. The SMILES string of the molecule is CC(CN(C)C)C(=O)Nc1cccc(-c2cccc(-c3nc4ccccc4[nH]3)c2)c1. The van der Waals surface area contributed by atoms with Crippen LogP contribution in [-0.2, 0) is 4.79 Å². The van der Waals surface area contributed by atoms with Gasteiger partial charge in [0.1, 0.15) is 5.82 Å². The number of benzene rings is 3. The molecule has 1 aromatic heterocycles. The summed E-state index contributed by atoms with van der Waals surface area (Å²) in [6.07, 6.45) is 0. The average Bonchev–Trinajstić information content (AvgIpc) is 3.18. The lowest BCUT2D eigenvalue weighted by Gasteiger charge is -2.17. The Kier molecular flexibility index (Phi) is 5.63. The number of aromatic nitrogens is 2. The Morgan fingerprint density at radius 1 is 0.967 bits per heavy atom. The molecule has 4 rings (SSSR count). The van der Waals surface area contributed by atoms with Crippen LogP contribution in [0.15, 0.2) is 72.8 Å². The van der Waals surface area contributed by atoms with E-state index in [1.54, 1.807) is 0 Å². The average molecular weight is 399 g/mol. The van der Waals surface area contributed by atoms with Crippen molar-refractivity contribution >= 4 is 22.6 Å². The molecular formula is C25H26N4O. The zero-order valence-corrected chi connectivity index (χ0v) is 17.5. The lowest BCUT2D eigenvalue weighted by atomic mass is 10.0. The van der Waals surface area contributed by atoms with Crippen LogP contribution >= 0.6 is 0 Å². The van der Waals surface area contributed by atoms with Gasteiger partial charge in [0, 0.05) is 23.7 Å². The van der Waals surface area contributed by atoms with Gasteiger partial charge in [0.2, 0.25) is 5.91 Å². The number of carbonyl (C=O) groups excluding carboxylic acids is 1.